The molecule has 0 radical (unpaired) electrons. The van der Waals surface area contributed by atoms with Crippen LogP contribution < -0.4 is 4.74 Å². The Morgan fingerprint density at radius 3 is 2.04 bits per heavy atom. The molecule has 25 heavy (non-hydrogen) atoms. The van der Waals surface area contributed by atoms with Crippen LogP contribution in [0.5, 0.6) is 5.75 Å². The van der Waals surface area contributed by atoms with Crippen molar-refractivity contribution in [2.75, 3.05) is 14.2 Å². The molecule has 0 spiro atoms. The van der Waals surface area contributed by atoms with Gasteiger partial charge in [0.05, 0.1) is 14.2 Å². The fourth-order valence-corrected chi connectivity index (χ4v) is 3.11. The third-order valence-electron chi connectivity index (χ3n) is 4.33. The fourth-order valence-electron chi connectivity index (χ4n) is 3.11. The van der Waals surface area contributed by atoms with E-state index in [1.54, 1.807) is 7.11 Å². The lowest BCUT2D eigenvalue weighted by Crippen LogP contribution is -2.39. The molecule has 4 heteroatoms. The van der Waals surface area contributed by atoms with Gasteiger partial charge in [0, 0.05) is 0 Å². The number of carbonyl (C=O) groups is 1. The minimum absolute atomic E-state index is 0.404. The third-order valence-corrected chi connectivity index (χ3v) is 4.33. The lowest BCUT2D eigenvalue weighted by Gasteiger charge is -2.30. The number of hydrogen-bond donors (Lipinski definition) is 0. The van der Waals surface area contributed by atoms with Gasteiger partial charge in [-0.1, -0.05) is 42.5 Å². The van der Waals surface area contributed by atoms with Crippen LogP contribution in [-0.2, 0) is 14.9 Å². The monoisotopic (exact) mass is 336 g/mol. The molecular formula is C21H20O4. The molecule has 0 aliphatic carbocycles. The highest BCUT2D eigenvalue weighted by molar-refractivity contribution is 5.91. The SMILES string of the molecule is COC(=O)C(c1ccccc1)(c1ccc(OC)cc1)c1ccc(C)o1. The average molecular weight is 336 g/mol. The number of aryl methyl sites for hydroxylation is 1. The van der Waals surface area contributed by atoms with Crippen molar-refractivity contribution in [2.24, 2.45) is 0 Å². The summed E-state index contributed by atoms with van der Waals surface area (Å²) in [6.07, 6.45) is 0. The van der Waals surface area contributed by atoms with Gasteiger partial charge in [0.1, 0.15) is 17.3 Å². The van der Waals surface area contributed by atoms with Crippen molar-refractivity contribution in [3.63, 3.8) is 0 Å². The van der Waals surface area contributed by atoms with Crippen molar-refractivity contribution in [3.8, 4) is 5.75 Å². The molecule has 1 atom stereocenters. The van der Waals surface area contributed by atoms with E-state index in [2.05, 4.69) is 0 Å². The molecule has 3 rings (SSSR count). The average Bonchev–Trinajstić information content (AvgIpc) is 3.10. The molecule has 1 heterocycles. The number of furan rings is 1. The zero-order chi connectivity index (χ0) is 17.9. The molecule has 0 saturated carbocycles. The summed E-state index contributed by atoms with van der Waals surface area (Å²) in [5.74, 6) is 1.56. The quantitative estimate of drug-likeness (QED) is 0.658. The standard InChI is InChI=1S/C21H20O4/c1-15-9-14-19(25-15)21(20(22)24-3,16-7-5-4-6-8-16)17-10-12-18(23-2)13-11-17/h4-14H,1-3H3. The van der Waals surface area contributed by atoms with Gasteiger partial charge in [-0.05, 0) is 42.3 Å². The Kier molecular flexibility index (Phi) is 4.61. The largest absolute Gasteiger partial charge is 0.497 e. The van der Waals surface area contributed by atoms with Gasteiger partial charge in [-0.25, -0.2) is 0 Å². The minimum Gasteiger partial charge on any atom is -0.497 e. The van der Waals surface area contributed by atoms with E-state index in [1.165, 1.54) is 7.11 Å². The van der Waals surface area contributed by atoms with Gasteiger partial charge in [-0.2, -0.15) is 0 Å². The van der Waals surface area contributed by atoms with Crippen LogP contribution in [0.15, 0.2) is 71.1 Å². The van der Waals surface area contributed by atoms with Gasteiger partial charge in [0.2, 0.25) is 0 Å². The van der Waals surface area contributed by atoms with Gasteiger partial charge in [-0.3, -0.25) is 4.79 Å². The lowest BCUT2D eigenvalue weighted by atomic mass is 9.72. The summed E-state index contributed by atoms with van der Waals surface area (Å²) >= 11 is 0. The van der Waals surface area contributed by atoms with Crippen molar-refractivity contribution in [3.05, 3.63) is 89.4 Å². The number of esters is 1. The third kappa shape index (κ3) is 2.80. The second-order valence-electron chi connectivity index (χ2n) is 5.75. The maximum absolute atomic E-state index is 13.1. The van der Waals surface area contributed by atoms with Gasteiger partial charge < -0.3 is 13.9 Å². The summed E-state index contributed by atoms with van der Waals surface area (Å²) in [5, 5.41) is 0. The highest BCUT2D eigenvalue weighted by Gasteiger charge is 2.47. The first-order valence-corrected chi connectivity index (χ1v) is 7.98. The molecule has 0 aliphatic heterocycles. The number of rotatable bonds is 5. The predicted octanol–water partition coefficient (Wildman–Crippen LogP) is 4.10. The maximum Gasteiger partial charge on any atom is 0.328 e. The molecule has 0 bridgehead atoms. The van der Waals surface area contributed by atoms with E-state index >= 15 is 0 Å². The van der Waals surface area contributed by atoms with Gasteiger partial charge in [0.15, 0.2) is 5.41 Å². The summed E-state index contributed by atoms with van der Waals surface area (Å²) in [6, 6.07) is 20.5. The van der Waals surface area contributed by atoms with Crippen molar-refractivity contribution in [2.45, 2.75) is 12.3 Å². The van der Waals surface area contributed by atoms with Crippen molar-refractivity contribution >= 4 is 5.97 Å². The van der Waals surface area contributed by atoms with Crippen LogP contribution in [0.1, 0.15) is 22.6 Å². The lowest BCUT2D eigenvalue weighted by molar-refractivity contribution is -0.144. The van der Waals surface area contributed by atoms with Crippen LogP contribution >= 0.6 is 0 Å². The number of carbonyl (C=O) groups excluding carboxylic acids is 1. The Bertz CT molecular complexity index is 849. The van der Waals surface area contributed by atoms with Crippen molar-refractivity contribution < 1.29 is 18.7 Å². The first-order valence-electron chi connectivity index (χ1n) is 7.98. The van der Waals surface area contributed by atoms with E-state index in [1.807, 2.05) is 73.7 Å². The van der Waals surface area contributed by atoms with Crippen LogP contribution in [0.25, 0.3) is 0 Å². The van der Waals surface area contributed by atoms with E-state index in [4.69, 9.17) is 13.9 Å². The molecule has 1 aromatic heterocycles. The summed E-state index contributed by atoms with van der Waals surface area (Å²) in [4.78, 5) is 13.1. The normalized spacial score (nSPS) is 13.1. The summed E-state index contributed by atoms with van der Waals surface area (Å²) in [6.45, 7) is 1.85. The van der Waals surface area contributed by atoms with Crippen molar-refractivity contribution in [1.29, 1.82) is 0 Å². The first kappa shape index (κ1) is 16.8. The number of ether oxygens (including phenoxy) is 2. The zero-order valence-electron chi connectivity index (χ0n) is 14.5. The molecule has 2 aromatic carbocycles. The molecule has 4 nitrogen and oxygen atoms in total. The molecule has 128 valence electrons. The minimum atomic E-state index is -1.18. The van der Waals surface area contributed by atoms with Gasteiger partial charge in [-0.15, -0.1) is 0 Å². The molecule has 0 saturated heterocycles. The summed E-state index contributed by atoms with van der Waals surface area (Å²) in [7, 11) is 3.00. The van der Waals surface area contributed by atoms with Crippen LogP contribution in [0.3, 0.4) is 0 Å². The van der Waals surface area contributed by atoms with E-state index in [9.17, 15) is 4.79 Å². The number of methoxy groups -OCH3 is 2. The molecule has 0 aliphatic rings. The van der Waals surface area contributed by atoms with Crippen LogP contribution in [0.2, 0.25) is 0 Å². The predicted molar refractivity (Wildman–Crippen MR) is 94.8 cm³/mol. The van der Waals surface area contributed by atoms with E-state index in [-0.39, 0.29) is 0 Å². The van der Waals surface area contributed by atoms with E-state index < -0.39 is 11.4 Å². The Morgan fingerprint density at radius 2 is 1.52 bits per heavy atom. The molecule has 0 fully saturated rings. The van der Waals surface area contributed by atoms with Crippen LogP contribution in [0.4, 0.5) is 0 Å². The van der Waals surface area contributed by atoms with E-state index in [0.717, 1.165) is 16.9 Å². The topological polar surface area (TPSA) is 48.7 Å². The van der Waals surface area contributed by atoms with Crippen LogP contribution in [0, 0.1) is 6.92 Å². The highest BCUT2D eigenvalue weighted by atomic mass is 16.5. The first-order chi connectivity index (χ1) is 12.1. The summed E-state index contributed by atoms with van der Waals surface area (Å²) in [5.41, 5.74) is 0.346. The molecular weight excluding hydrogens is 316 g/mol. The smallest absolute Gasteiger partial charge is 0.328 e. The Hall–Kier alpha value is -3.01. The number of benzene rings is 2. The molecule has 0 N–H and O–H groups in total. The molecule has 0 amide bonds. The fraction of sp³-hybridized carbons (Fsp3) is 0.190. The van der Waals surface area contributed by atoms with Crippen molar-refractivity contribution in [1.82, 2.24) is 0 Å². The second kappa shape index (κ2) is 6.85. The molecule has 1 unspecified atom stereocenters. The zero-order valence-corrected chi connectivity index (χ0v) is 14.5. The Balaban J connectivity index is 2.33. The summed E-state index contributed by atoms with van der Waals surface area (Å²) < 4.78 is 16.4. The van der Waals surface area contributed by atoms with Gasteiger partial charge >= 0.3 is 5.97 Å². The number of hydrogen-bond acceptors (Lipinski definition) is 4. The van der Waals surface area contributed by atoms with Gasteiger partial charge in [0.25, 0.3) is 0 Å². The Labute approximate surface area is 147 Å². The highest BCUT2D eigenvalue weighted by Crippen LogP contribution is 2.41. The maximum atomic E-state index is 13.1. The second-order valence-corrected chi connectivity index (χ2v) is 5.75. The van der Waals surface area contributed by atoms with Crippen LogP contribution in [-0.4, -0.2) is 20.2 Å². The Morgan fingerprint density at radius 1 is 0.880 bits per heavy atom. The molecule has 3 aromatic rings. The van der Waals surface area contributed by atoms with E-state index in [0.29, 0.717) is 11.5 Å².